The summed E-state index contributed by atoms with van der Waals surface area (Å²) in [6.07, 6.45) is 0.544. The fourth-order valence-electron chi connectivity index (χ4n) is 2.02. The number of carboxylic acid groups (broad SMARTS) is 1. The summed E-state index contributed by atoms with van der Waals surface area (Å²) in [4.78, 5) is 11.0. The molecule has 0 amide bonds. The van der Waals surface area contributed by atoms with Crippen LogP contribution in [-0.4, -0.2) is 22.8 Å². The van der Waals surface area contributed by atoms with Crippen molar-refractivity contribution in [1.82, 2.24) is 0 Å². The second-order valence-corrected chi connectivity index (χ2v) is 4.29. The summed E-state index contributed by atoms with van der Waals surface area (Å²) in [5.74, 6) is -0.920. The Balaban J connectivity index is 2.22. The first-order valence-electron chi connectivity index (χ1n) is 5.01. The zero-order chi connectivity index (χ0) is 11.1. The van der Waals surface area contributed by atoms with Gasteiger partial charge in [0, 0.05) is 5.92 Å². The molecule has 2 atom stereocenters. The summed E-state index contributed by atoms with van der Waals surface area (Å²) >= 11 is 0. The number of aliphatic hydroxyl groups excluding tert-OH is 1. The highest BCUT2D eigenvalue weighted by Crippen LogP contribution is 2.59. The highest BCUT2D eigenvalue weighted by Gasteiger charge is 2.60. The Labute approximate surface area is 88.4 Å². The van der Waals surface area contributed by atoms with E-state index in [1.165, 1.54) is 0 Å². The van der Waals surface area contributed by atoms with Crippen LogP contribution in [0.15, 0.2) is 24.3 Å². The molecular weight excluding hydrogens is 192 g/mol. The fraction of sp³-hybridized carbons (Fsp3) is 0.417. The molecule has 80 valence electrons. The van der Waals surface area contributed by atoms with Crippen LogP contribution in [0.3, 0.4) is 0 Å². The van der Waals surface area contributed by atoms with Crippen LogP contribution in [0.5, 0.6) is 0 Å². The largest absolute Gasteiger partial charge is 0.481 e. The lowest BCUT2D eigenvalue weighted by molar-refractivity contribution is -0.145. The Kier molecular flexibility index (Phi) is 2.27. The van der Waals surface area contributed by atoms with Gasteiger partial charge in [0.15, 0.2) is 0 Å². The van der Waals surface area contributed by atoms with E-state index in [2.05, 4.69) is 0 Å². The number of hydrogen-bond donors (Lipinski definition) is 2. The quantitative estimate of drug-likeness (QED) is 0.788. The van der Waals surface area contributed by atoms with Crippen molar-refractivity contribution >= 4 is 5.97 Å². The number of aliphatic carboxylic acids is 1. The molecule has 1 aliphatic rings. The molecule has 1 aliphatic carbocycles. The van der Waals surface area contributed by atoms with Gasteiger partial charge in [-0.25, -0.2) is 0 Å². The van der Waals surface area contributed by atoms with Gasteiger partial charge in [-0.05, 0) is 18.9 Å². The molecule has 0 saturated heterocycles. The van der Waals surface area contributed by atoms with Gasteiger partial charge in [0.2, 0.25) is 0 Å². The molecular formula is C12H14O3. The number of carboxylic acids is 1. The molecule has 3 heteroatoms. The Morgan fingerprint density at radius 2 is 2.07 bits per heavy atom. The minimum Gasteiger partial charge on any atom is -0.481 e. The van der Waals surface area contributed by atoms with Crippen molar-refractivity contribution in [2.75, 3.05) is 6.61 Å². The summed E-state index contributed by atoms with van der Waals surface area (Å²) in [5.41, 5.74) is 1.25. The van der Waals surface area contributed by atoms with Crippen molar-refractivity contribution in [3.05, 3.63) is 35.4 Å². The van der Waals surface area contributed by atoms with E-state index in [1.54, 1.807) is 0 Å². The Bertz CT molecular complexity index is 382. The van der Waals surface area contributed by atoms with Crippen LogP contribution in [0.2, 0.25) is 0 Å². The molecule has 0 aliphatic heterocycles. The molecule has 0 radical (unpaired) electrons. The van der Waals surface area contributed by atoms with Gasteiger partial charge >= 0.3 is 5.97 Å². The van der Waals surface area contributed by atoms with Crippen molar-refractivity contribution in [2.24, 2.45) is 5.41 Å². The number of rotatable bonds is 3. The summed E-state index contributed by atoms with van der Waals surface area (Å²) in [6.45, 7) is 1.72. The predicted octanol–water partition coefficient (Wildman–Crippen LogP) is 1.55. The zero-order valence-corrected chi connectivity index (χ0v) is 8.60. The molecule has 0 heterocycles. The lowest BCUT2D eigenvalue weighted by Crippen LogP contribution is -2.21. The maximum Gasteiger partial charge on any atom is 0.312 e. The maximum absolute atomic E-state index is 11.0. The van der Waals surface area contributed by atoms with Crippen LogP contribution in [0.4, 0.5) is 0 Å². The van der Waals surface area contributed by atoms with Gasteiger partial charge in [0.1, 0.15) is 0 Å². The topological polar surface area (TPSA) is 57.5 Å². The first-order valence-corrected chi connectivity index (χ1v) is 5.01. The number of aliphatic hydroxyl groups is 1. The molecule has 0 bridgehead atoms. The molecule has 1 aromatic rings. The van der Waals surface area contributed by atoms with Crippen molar-refractivity contribution < 1.29 is 15.0 Å². The minimum atomic E-state index is -0.921. The van der Waals surface area contributed by atoms with Crippen molar-refractivity contribution in [3.63, 3.8) is 0 Å². The third kappa shape index (κ3) is 1.53. The summed E-state index contributed by atoms with van der Waals surface area (Å²) in [5, 5.41) is 18.2. The van der Waals surface area contributed by atoms with Crippen LogP contribution in [0.25, 0.3) is 0 Å². The average Bonchev–Trinajstić information content (AvgIpc) is 2.95. The second kappa shape index (κ2) is 3.35. The van der Waals surface area contributed by atoms with E-state index in [1.807, 2.05) is 31.2 Å². The Morgan fingerprint density at radius 3 is 2.47 bits per heavy atom. The first kappa shape index (κ1) is 10.2. The van der Waals surface area contributed by atoms with Gasteiger partial charge in [-0.2, -0.15) is 0 Å². The Hall–Kier alpha value is -1.35. The SMILES string of the molecule is Cc1ccc(C2CC2(CO)C(=O)O)cc1. The second-order valence-electron chi connectivity index (χ2n) is 4.29. The highest BCUT2D eigenvalue weighted by atomic mass is 16.4. The molecule has 2 N–H and O–H groups in total. The molecule has 15 heavy (non-hydrogen) atoms. The minimum absolute atomic E-state index is 0.0272. The normalized spacial score (nSPS) is 28.8. The van der Waals surface area contributed by atoms with E-state index in [4.69, 9.17) is 10.2 Å². The van der Waals surface area contributed by atoms with Crippen LogP contribution in [-0.2, 0) is 4.79 Å². The Morgan fingerprint density at radius 1 is 1.47 bits per heavy atom. The molecule has 2 rings (SSSR count). The molecule has 1 fully saturated rings. The van der Waals surface area contributed by atoms with E-state index < -0.39 is 11.4 Å². The third-order valence-electron chi connectivity index (χ3n) is 3.26. The van der Waals surface area contributed by atoms with Gasteiger partial charge in [0.05, 0.1) is 12.0 Å². The number of benzene rings is 1. The first-order chi connectivity index (χ1) is 7.10. The molecule has 0 spiro atoms. The van der Waals surface area contributed by atoms with Crippen molar-refractivity contribution in [3.8, 4) is 0 Å². The molecule has 1 aromatic carbocycles. The summed E-state index contributed by atoms with van der Waals surface area (Å²) in [6, 6.07) is 7.83. The van der Waals surface area contributed by atoms with Gasteiger partial charge in [-0.15, -0.1) is 0 Å². The molecule has 1 saturated carbocycles. The van der Waals surface area contributed by atoms with Crippen LogP contribution < -0.4 is 0 Å². The lowest BCUT2D eigenvalue weighted by atomic mass is 9.99. The molecule has 3 nitrogen and oxygen atoms in total. The van der Waals surface area contributed by atoms with Crippen LogP contribution >= 0.6 is 0 Å². The van der Waals surface area contributed by atoms with Gasteiger partial charge in [-0.1, -0.05) is 29.8 Å². The lowest BCUT2D eigenvalue weighted by Gasteiger charge is -2.08. The van der Waals surface area contributed by atoms with Gasteiger partial charge in [-0.3, -0.25) is 4.79 Å². The highest BCUT2D eigenvalue weighted by molar-refractivity contribution is 5.80. The van der Waals surface area contributed by atoms with Gasteiger partial charge in [0.25, 0.3) is 0 Å². The number of carbonyl (C=O) groups is 1. The van der Waals surface area contributed by atoms with Crippen molar-refractivity contribution in [1.29, 1.82) is 0 Å². The van der Waals surface area contributed by atoms with Crippen LogP contribution in [0, 0.1) is 12.3 Å². The zero-order valence-electron chi connectivity index (χ0n) is 8.60. The van der Waals surface area contributed by atoms with E-state index in [9.17, 15) is 4.79 Å². The third-order valence-corrected chi connectivity index (χ3v) is 3.26. The maximum atomic E-state index is 11.0. The van der Waals surface area contributed by atoms with E-state index in [0.717, 1.165) is 11.1 Å². The smallest absolute Gasteiger partial charge is 0.312 e. The monoisotopic (exact) mass is 206 g/mol. The number of hydrogen-bond acceptors (Lipinski definition) is 2. The molecule has 2 unspecified atom stereocenters. The predicted molar refractivity (Wildman–Crippen MR) is 55.7 cm³/mol. The van der Waals surface area contributed by atoms with E-state index in [-0.39, 0.29) is 12.5 Å². The van der Waals surface area contributed by atoms with Crippen LogP contribution in [0.1, 0.15) is 23.5 Å². The standard InChI is InChI=1S/C12H14O3/c1-8-2-4-9(5-3-8)10-6-12(10,7-13)11(14)15/h2-5,10,13H,6-7H2,1H3,(H,14,15). The number of aryl methyl sites for hydroxylation is 1. The average molecular weight is 206 g/mol. The summed E-state index contributed by atoms with van der Waals surface area (Å²) < 4.78 is 0. The van der Waals surface area contributed by atoms with E-state index >= 15 is 0 Å². The summed E-state index contributed by atoms with van der Waals surface area (Å²) in [7, 11) is 0. The van der Waals surface area contributed by atoms with E-state index in [0.29, 0.717) is 6.42 Å². The van der Waals surface area contributed by atoms with Crippen molar-refractivity contribution in [2.45, 2.75) is 19.3 Å². The fourth-order valence-corrected chi connectivity index (χ4v) is 2.02. The van der Waals surface area contributed by atoms with Gasteiger partial charge < -0.3 is 10.2 Å². The molecule has 0 aromatic heterocycles.